The molecule has 0 bridgehead atoms. The third kappa shape index (κ3) is 3.13. The summed E-state index contributed by atoms with van der Waals surface area (Å²) in [6.45, 7) is 2.29. The number of rotatable bonds is 4. The Bertz CT molecular complexity index is 602. The van der Waals surface area contributed by atoms with Crippen molar-refractivity contribution in [2.45, 2.75) is 25.5 Å². The molecule has 2 unspecified atom stereocenters. The lowest BCUT2D eigenvalue weighted by atomic mass is 10.2. The third-order valence-corrected chi connectivity index (χ3v) is 4.03. The predicted octanol–water partition coefficient (Wildman–Crippen LogP) is 1.03. The zero-order chi connectivity index (χ0) is 16.4. The van der Waals surface area contributed by atoms with Crippen LogP contribution in [0.1, 0.15) is 13.3 Å². The summed E-state index contributed by atoms with van der Waals surface area (Å²) in [5.41, 5.74) is 0. The molecule has 2 aliphatic heterocycles. The van der Waals surface area contributed by atoms with Gasteiger partial charge in [0.2, 0.25) is 0 Å². The van der Waals surface area contributed by atoms with Gasteiger partial charge < -0.3 is 14.4 Å². The van der Waals surface area contributed by atoms with E-state index in [0.29, 0.717) is 25.3 Å². The lowest BCUT2D eigenvalue weighted by Crippen LogP contribution is -2.44. The third-order valence-electron chi connectivity index (χ3n) is 4.03. The molecule has 23 heavy (non-hydrogen) atoms. The van der Waals surface area contributed by atoms with Crippen molar-refractivity contribution >= 4 is 17.9 Å². The van der Waals surface area contributed by atoms with Crippen molar-refractivity contribution in [3.63, 3.8) is 0 Å². The molecule has 3 amide bonds. The van der Waals surface area contributed by atoms with Gasteiger partial charge >= 0.3 is 6.09 Å². The van der Waals surface area contributed by atoms with E-state index < -0.39 is 12.2 Å². The van der Waals surface area contributed by atoms with Crippen molar-refractivity contribution in [3.05, 3.63) is 30.3 Å². The first-order valence-electron chi connectivity index (χ1n) is 7.55. The summed E-state index contributed by atoms with van der Waals surface area (Å²) in [4.78, 5) is 38.5. The molecule has 2 heterocycles. The first-order valence-corrected chi connectivity index (χ1v) is 7.55. The number of hydrogen-bond acceptors (Lipinski definition) is 5. The Morgan fingerprint density at radius 2 is 2.04 bits per heavy atom. The molecule has 1 aromatic rings. The lowest BCUT2D eigenvalue weighted by molar-refractivity contribution is -0.137. The number of carbonyl (C=O) groups is 3. The summed E-state index contributed by atoms with van der Waals surface area (Å²) in [5, 5.41) is 0. The Kier molecular flexibility index (Phi) is 4.18. The second-order valence-electron chi connectivity index (χ2n) is 5.62. The molecule has 0 N–H and O–H groups in total. The molecule has 0 saturated carbocycles. The van der Waals surface area contributed by atoms with Crippen molar-refractivity contribution < 1.29 is 23.9 Å². The minimum absolute atomic E-state index is 0.156. The number of imide groups is 1. The Hall–Kier alpha value is -2.57. The van der Waals surface area contributed by atoms with Crippen molar-refractivity contribution in [3.8, 4) is 5.75 Å². The summed E-state index contributed by atoms with van der Waals surface area (Å²) in [6, 6.07) is 8.80. The quantitative estimate of drug-likeness (QED) is 0.829. The Morgan fingerprint density at radius 1 is 1.30 bits per heavy atom. The minimum atomic E-state index is -0.627. The standard InChI is InChI=1S/C16H18N2O5/c1-11(23-13-5-3-2-4-6-13)15(20)17-8-7-12(9-17)18-14(19)10-22-16(18)21/h2-6,11-12H,7-10H2,1H3. The monoisotopic (exact) mass is 318 g/mol. The number of hydrogen-bond donors (Lipinski definition) is 0. The summed E-state index contributed by atoms with van der Waals surface area (Å²) in [6.07, 6.45) is -0.690. The van der Waals surface area contributed by atoms with Crippen LogP contribution in [0.15, 0.2) is 30.3 Å². The highest BCUT2D eigenvalue weighted by molar-refractivity contribution is 5.98. The van der Waals surface area contributed by atoms with Crippen LogP contribution in [-0.2, 0) is 14.3 Å². The predicted molar refractivity (Wildman–Crippen MR) is 79.7 cm³/mol. The van der Waals surface area contributed by atoms with Crippen LogP contribution in [0.5, 0.6) is 5.75 Å². The molecule has 0 spiro atoms. The molecule has 0 aliphatic carbocycles. The van der Waals surface area contributed by atoms with E-state index >= 15 is 0 Å². The van der Waals surface area contributed by atoms with E-state index in [-0.39, 0.29) is 24.5 Å². The second-order valence-corrected chi connectivity index (χ2v) is 5.62. The zero-order valence-corrected chi connectivity index (χ0v) is 12.8. The first kappa shape index (κ1) is 15.3. The molecule has 1 aromatic carbocycles. The van der Waals surface area contributed by atoms with Gasteiger partial charge in [-0.05, 0) is 25.5 Å². The molecule has 2 atom stereocenters. The molecule has 3 rings (SSSR count). The average Bonchev–Trinajstić information content (AvgIpc) is 3.14. The zero-order valence-electron chi connectivity index (χ0n) is 12.8. The van der Waals surface area contributed by atoms with Crippen LogP contribution in [0, 0.1) is 0 Å². The molecule has 122 valence electrons. The number of likely N-dealkylation sites (tertiary alicyclic amines) is 1. The van der Waals surface area contributed by atoms with Crippen LogP contribution < -0.4 is 4.74 Å². The van der Waals surface area contributed by atoms with Crippen LogP contribution in [0.4, 0.5) is 4.79 Å². The highest BCUT2D eigenvalue weighted by atomic mass is 16.6. The van der Waals surface area contributed by atoms with Gasteiger partial charge in [0.05, 0.1) is 6.04 Å². The summed E-state index contributed by atoms with van der Waals surface area (Å²) in [5.74, 6) is 0.127. The number of nitrogens with zero attached hydrogens (tertiary/aromatic N) is 2. The van der Waals surface area contributed by atoms with Crippen molar-refractivity contribution in [1.29, 1.82) is 0 Å². The fourth-order valence-electron chi connectivity index (χ4n) is 2.88. The van der Waals surface area contributed by atoms with Crippen LogP contribution in [0.2, 0.25) is 0 Å². The topological polar surface area (TPSA) is 76.2 Å². The smallest absolute Gasteiger partial charge is 0.417 e. The van der Waals surface area contributed by atoms with Crippen molar-refractivity contribution in [2.75, 3.05) is 19.7 Å². The number of carbonyl (C=O) groups excluding carboxylic acids is 3. The van der Waals surface area contributed by atoms with Crippen LogP contribution in [0.25, 0.3) is 0 Å². The van der Waals surface area contributed by atoms with E-state index in [0.717, 1.165) is 4.90 Å². The maximum Gasteiger partial charge on any atom is 0.417 e. The fraction of sp³-hybridized carbons (Fsp3) is 0.438. The van der Waals surface area contributed by atoms with Gasteiger partial charge in [-0.2, -0.15) is 0 Å². The highest BCUT2D eigenvalue weighted by Gasteiger charge is 2.41. The van der Waals surface area contributed by atoms with Crippen molar-refractivity contribution in [1.82, 2.24) is 9.80 Å². The Morgan fingerprint density at radius 3 is 2.70 bits per heavy atom. The summed E-state index contributed by atoms with van der Waals surface area (Å²) in [7, 11) is 0. The molecule has 7 nitrogen and oxygen atoms in total. The maximum atomic E-state index is 12.5. The van der Waals surface area contributed by atoms with Crippen LogP contribution >= 0.6 is 0 Å². The van der Waals surface area contributed by atoms with Gasteiger partial charge in [0.25, 0.3) is 11.8 Å². The van der Waals surface area contributed by atoms with Crippen molar-refractivity contribution in [2.24, 2.45) is 0 Å². The molecule has 0 aromatic heterocycles. The van der Waals surface area contributed by atoms with E-state index in [4.69, 9.17) is 9.47 Å². The van der Waals surface area contributed by atoms with E-state index in [1.54, 1.807) is 24.0 Å². The molecular formula is C16H18N2O5. The van der Waals surface area contributed by atoms with Gasteiger partial charge in [-0.3, -0.25) is 9.59 Å². The van der Waals surface area contributed by atoms with Gasteiger partial charge in [-0.25, -0.2) is 9.69 Å². The van der Waals surface area contributed by atoms with Crippen LogP contribution in [0.3, 0.4) is 0 Å². The molecule has 2 fully saturated rings. The Labute approximate surface area is 133 Å². The molecule has 2 aliphatic rings. The summed E-state index contributed by atoms with van der Waals surface area (Å²) < 4.78 is 10.3. The highest BCUT2D eigenvalue weighted by Crippen LogP contribution is 2.21. The second kappa shape index (κ2) is 6.28. The van der Waals surface area contributed by atoms with Gasteiger partial charge in [0, 0.05) is 13.1 Å². The van der Waals surface area contributed by atoms with E-state index in [1.807, 2.05) is 18.2 Å². The van der Waals surface area contributed by atoms with Gasteiger partial charge in [0.15, 0.2) is 12.7 Å². The molecule has 0 radical (unpaired) electrons. The lowest BCUT2D eigenvalue weighted by Gasteiger charge is -2.23. The average molecular weight is 318 g/mol. The van der Waals surface area contributed by atoms with E-state index in [1.165, 1.54) is 0 Å². The number of ether oxygens (including phenoxy) is 2. The Balaban J connectivity index is 1.59. The van der Waals surface area contributed by atoms with E-state index in [9.17, 15) is 14.4 Å². The molecular weight excluding hydrogens is 300 g/mol. The van der Waals surface area contributed by atoms with Gasteiger partial charge in [0.1, 0.15) is 5.75 Å². The van der Waals surface area contributed by atoms with Gasteiger partial charge in [-0.15, -0.1) is 0 Å². The number of benzene rings is 1. The minimum Gasteiger partial charge on any atom is -0.481 e. The number of cyclic esters (lactones) is 1. The van der Waals surface area contributed by atoms with Crippen LogP contribution in [-0.4, -0.2) is 59.5 Å². The van der Waals surface area contributed by atoms with Gasteiger partial charge in [-0.1, -0.05) is 18.2 Å². The first-order chi connectivity index (χ1) is 11.1. The fourth-order valence-corrected chi connectivity index (χ4v) is 2.88. The number of amides is 3. The number of para-hydroxylation sites is 1. The van der Waals surface area contributed by atoms with E-state index in [2.05, 4.69) is 0 Å². The normalized spacial score (nSPS) is 22.2. The molecule has 2 saturated heterocycles. The maximum absolute atomic E-state index is 12.5. The SMILES string of the molecule is CC(Oc1ccccc1)C(=O)N1CCC(N2C(=O)COC2=O)C1. The molecule has 7 heteroatoms. The summed E-state index contributed by atoms with van der Waals surface area (Å²) >= 11 is 0. The largest absolute Gasteiger partial charge is 0.481 e.